The van der Waals surface area contributed by atoms with Gasteiger partial charge in [0.15, 0.2) is 5.78 Å². The van der Waals surface area contributed by atoms with Crippen molar-refractivity contribution in [3.63, 3.8) is 0 Å². The van der Waals surface area contributed by atoms with Gasteiger partial charge in [0.25, 0.3) is 0 Å². The highest BCUT2D eigenvalue weighted by atomic mass is 16.5. The fourth-order valence-corrected chi connectivity index (χ4v) is 5.91. The molecule has 0 bridgehead atoms. The smallest absolute Gasteiger partial charge is 0.342 e. The molecule has 1 heterocycles. The summed E-state index contributed by atoms with van der Waals surface area (Å²) in [6.45, 7) is 3.33. The lowest BCUT2D eigenvalue weighted by Crippen LogP contribution is -2.26. The van der Waals surface area contributed by atoms with Crippen LogP contribution in [0.4, 0.5) is 0 Å². The molecule has 10 heteroatoms. The number of carbonyl (C=O) groups is 3. The molecule has 4 aromatic carbocycles. The molecule has 0 fully saturated rings. The normalized spacial score (nSPS) is 15.7. The Bertz CT molecular complexity index is 1890. The molecule has 0 radical (unpaired) electrons. The predicted molar refractivity (Wildman–Crippen MR) is 146 cm³/mol. The zero-order valence-corrected chi connectivity index (χ0v) is 22.4. The Morgan fingerprint density at radius 3 is 2.15 bits per heavy atom. The molecule has 0 amide bonds. The number of carbonyl (C=O) groups excluding carboxylic acids is 3. The van der Waals surface area contributed by atoms with Gasteiger partial charge in [-0.3, -0.25) is 9.59 Å². The lowest BCUT2D eigenvalue weighted by Gasteiger charge is -2.29. The Morgan fingerprint density at radius 1 is 0.756 bits per heavy atom. The van der Waals surface area contributed by atoms with E-state index in [9.17, 15) is 34.8 Å². The average molecular weight is 557 g/mol. The number of hydrogen-bond acceptors (Lipinski definition) is 10. The van der Waals surface area contributed by atoms with Crippen LogP contribution in [0.2, 0.25) is 0 Å². The Labute approximate surface area is 233 Å². The summed E-state index contributed by atoms with van der Waals surface area (Å²) >= 11 is 0. The first-order valence-corrected chi connectivity index (χ1v) is 12.6. The number of aryl methyl sites for hydroxylation is 1. The van der Waals surface area contributed by atoms with Crippen molar-refractivity contribution < 1.29 is 49.0 Å². The van der Waals surface area contributed by atoms with E-state index < -0.39 is 46.6 Å². The van der Waals surface area contributed by atoms with Gasteiger partial charge < -0.3 is 34.6 Å². The molecular weight excluding hydrogens is 532 g/mol. The second kappa shape index (κ2) is 8.88. The van der Waals surface area contributed by atoms with E-state index in [0.29, 0.717) is 5.56 Å². The maximum atomic E-state index is 13.8. The molecule has 0 saturated carbocycles. The maximum Gasteiger partial charge on any atom is 0.342 e. The summed E-state index contributed by atoms with van der Waals surface area (Å²) in [7, 11) is 2.69. The summed E-state index contributed by atoms with van der Waals surface area (Å²) in [5, 5.41) is 44.5. The molecule has 1 aliphatic heterocycles. The minimum atomic E-state index is -0.841. The summed E-state index contributed by atoms with van der Waals surface area (Å²) in [6.07, 6.45) is -0.515. The second-order valence-corrected chi connectivity index (χ2v) is 10.2. The summed E-state index contributed by atoms with van der Waals surface area (Å²) < 4.78 is 16.3. The average Bonchev–Trinajstić information content (AvgIpc) is 2.90. The van der Waals surface area contributed by atoms with E-state index in [1.807, 2.05) is 0 Å². The number of esters is 1. The highest BCUT2D eigenvalue weighted by Gasteiger charge is 2.40. The molecule has 0 aromatic heterocycles. The fourth-order valence-electron chi connectivity index (χ4n) is 5.91. The van der Waals surface area contributed by atoms with Gasteiger partial charge in [0.05, 0.1) is 36.3 Å². The van der Waals surface area contributed by atoms with Crippen LogP contribution in [0.15, 0.2) is 30.3 Å². The van der Waals surface area contributed by atoms with Gasteiger partial charge in [-0.15, -0.1) is 0 Å². The third kappa shape index (κ3) is 3.53. The number of benzene rings is 4. The monoisotopic (exact) mass is 556 g/mol. The Morgan fingerprint density at radius 2 is 1.46 bits per heavy atom. The molecule has 1 unspecified atom stereocenters. The van der Waals surface area contributed by atoms with Crippen molar-refractivity contribution in [2.45, 2.75) is 26.4 Å². The first kappa shape index (κ1) is 26.0. The SMILES string of the molecule is COc1cc(O)c2c(O)c3c(c(-c4c(OC)cc5c(c4O)C(=O)c4c(O)cc(C)cc4C5=O)c2c1)CC(C)OC3=O. The van der Waals surface area contributed by atoms with Gasteiger partial charge in [0, 0.05) is 34.6 Å². The largest absolute Gasteiger partial charge is 0.507 e. The minimum Gasteiger partial charge on any atom is -0.507 e. The lowest BCUT2D eigenvalue weighted by molar-refractivity contribution is 0.0298. The van der Waals surface area contributed by atoms with Crippen LogP contribution in [0.3, 0.4) is 0 Å². The zero-order chi connectivity index (χ0) is 29.5. The maximum absolute atomic E-state index is 13.8. The van der Waals surface area contributed by atoms with Crippen molar-refractivity contribution in [2.75, 3.05) is 14.2 Å². The molecule has 41 heavy (non-hydrogen) atoms. The molecule has 4 N–H and O–H groups in total. The number of phenolic OH excluding ortho intramolecular Hbond substituents is 4. The van der Waals surface area contributed by atoms with Crippen LogP contribution in [-0.2, 0) is 11.2 Å². The van der Waals surface area contributed by atoms with E-state index in [0.717, 1.165) is 0 Å². The Balaban J connectivity index is 1.79. The van der Waals surface area contributed by atoms with Gasteiger partial charge in [-0.25, -0.2) is 4.79 Å². The molecule has 0 saturated heterocycles. The molecule has 6 rings (SSSR count). The summed E-state index contributed by atoms with van der Waals surface area (Å²) in [5.41, 5.74) is -0.00142. The number of ketones is 2. The number of cyclic esters (lactones) is 1. The molecule has 10 nitrogen and oxygen atoms in total. The Hall–Kier alpha value is -5.25. The standard InChI is InChI=1S/C31H24O10/c1-11-5-16-23(18(32)6-11)28(35)24-17(27(16)34)10-20(40-4)26(30(24)37)21-14-7-12(2)41-31(38)25(14)29(36)22-15(21)8-13(39-3)9-19(22)33/h5-6,8-10,12,32-33,36-37H,7H2,1-4H3. The van der Waals surface area contributed by atoms with Crippen LogP contribution in [0.1, 0.15) is 60.3 Å². The van der Waals surface area contributed by atoms with Gasteiger partial charge >= 0.3 is 5.97 Å². The third-order valence-corrected chi connectivity index (χ3v) is 7.62. The van der Waals surface area contributed by atoms with Crippen molar-refractivity contribution in [3.05, 3.63) is 69.3 Å². The highest BCUT2D eigenvalue weighted by molar-refractivity contribution is 6.31. The number of phenols is 4. The van der Waals surface area contributed by atoms with E-state index in [1.54, 1.807) is 13.8 Å². The number of rotatable bonds is 3. The predicted octanol–water partition coefficient (Wildman–Crippen LogP) is 4.53. The van der Waals surface area contributed by atoms with Gasteiger partial charge in [-0.05, 0) is 49.2 Å². The molecule has 1 aliphatic carbocycles. The lowest BCUT2D eigenvalue weighted by atomic mass is 9.78. The van der Waals surface area contributed by atoms with Crippen LogP contribution < -0.4 is 9.47 Å². The number of fused-ring (bicyclic) bond motifs is 4. The summed E-state index contributed by atoms with van der Waals surface area (Å²) in [6, 6.07) is 6.92. The van der Waals surface area contributed by atoms with Crippen molar-refractivity contribution in [3.8, 4) is 45.6 Å². The van der Waals surface area contributed by atoms with Crippen LogP contribution in [0, 0.1) is 6.92 Å². The van der Waals surface area contributed by atoms with Crippen molar-refractivity contribution in [2.24, 2.45) is 0 Å². The van der Waals surface area contributed by atoms with E-state index in [1.165, 1.54) is 44.6 Å². The van der Waals surface area contributed by atoms with Crippen LogP contribution in [-0.4, -0.2) is 58.3 Å². The van der Waals surface area contributed by atoms with Gasteiger partial charge in [0.1, 0.15) is 46.2 Å². The van der Waals surface area contributed by atoms with E-state index in [-0.39, 0.29) is 73.2 Å². The minimum absolute atomic E-state index is 0.00658. The van der Waals surface area contributed by atoms with Gasteiger partial charge in [-0.2, -0.15) is 0 Å². The molecule has 208 valence electrons. The third-order valence-electron chi connectivity index (χ3n) is 7.62. The molecule has 2 aliphatic rings. The second-order valence-electron chi connectivity index (χ2n) is 10.2. The molecule has 0 spiro atoms. The van der Waals surface area contributed by atoms with Crippen molar-refractivity contribution >= 4 is 28.3 Å². The van der Waals surface area contributed by atoms with Crippen LogP contribution in [0.25, 0.3) is 21.9 Å². The highest BCUT2D eigenvalue weighted by Crippen LogP contribution is 2.54. The first-order valence-electron chi connectivity index (χ1n) is 12.6. The van der Waals surface area contributed by atoms with E-state index >= 15 is 0 Å². The number of hydrogen-bond donors (Lipinski definition) is 4. The Kier molecular flexibility index (Phi) is 5.63. The van der Waals surface area contributed by atoms with Crippen molar-refractivity contribution in [1.29, 1.82) is 0 Å². The topological polar surface area (TPSA) is 160 Å². The van der Waals surface area contributed by atoms with Crippen LogP contribution >= 0.6 is 0 Å². The van der Waals surface area contributed by atoms with Gasteiger partial charge in [-0.1, -0.05) is 0 Å². The molecule has 4 aromatic rings. The van der Waals surface area contributed by atoms with Crippen LogP contribution in [0.5, 0.6) is 34.5 Å². The first-order chi connectivity index (χ1) is 19.5. The van der Waals surface area contributed by atoms with Gasteiger partial charge in [0.2, 0.25) is 5.78 Å². The molecule has 1 atom stereocenters. The summed E-state index contributed by atoms with van der Waals surface area (Å²) in [4.78, 5) is 40.4. The number of ether oxygens (including phenoxy) is 3. The zero-order valence-electron chi connectivity index (χ0n) is 22.4. The van der Waals surface area contributed by atoms with Crippen molar-refractivity contribution in [1.82, 2.24) is 0 Å². The quantitative estimate of drug-likeness (QED) is 0.233. The van der Waals surface area contributed by atoms with E-state index in [4.69, 9.17) is 14.2 Å². The molecular formula is C31H24O10. The number of methoxy groups -OCH3 is 2. The fraction of sp³-hybridized carbons (Fsp3) is 0.194. The van der Waals surface area contributed by atoms with E-state index in [2.05, 4.69) is 0 Å². The number of aromatic hydroxyl groups is 4. The summed E-state index contributed by atoms with van der Waals surface area (Å²) in [5.74, 6) is -3.99.